The van der Waals surface area contributed by atoms with E-state index < -0.39 is 0 Å². The van der Waals surface area contributed by atoms with Crippen LogP contribution >= 0.6 is 11.8 Å². The van der Waals surface area contributed by atoms with Crippen molar-refractivity contribution in [3.63, 3.8) is 0 Å². The van der Waals surface area contributed by atoms with Crippen LogP contribution in [-0.2, 0) is 21.9 Å². The van der Waals surface area contributed by atoms with Gasteiger partial charge in [-0.1, -0.05) is 30.3 Å². The molecule has 4 rings (SSSR count). The smallest absolute Gasteiger partial charge is 0.268 e. The molecule has 0 saturated carbocycles. The zero-order valence-corrected chi connectivity index (χ0v) is 18.0. The van der Waals surface area contributed by atoms with E-state index in [9.17, 15) is 9.59 Å². The largest absolute Gasteiger partial charge is 0.497 e. The fraction of sp³-hybridized carbons (Fsp3) is 0.167. The first-order valence-electron chi connectivity index (χ1n) is 9.64. The van der Waals surface area contributed by atoms with Crippen molar-refractivity contribution in [3.05, 3.63) is 88.7 Å². The predicted molar refractivity (Wildman–Crippen MR) is 118 cm³/mol. The van der Waals surface area contributed by atoms with Crippen LogP contribution in [0, 0.1) is 0 Å². The first-order valence-corrected chi connectivity index (χ1v) is 10.6. The molecular weight excluding hydrogens is 414 g/mol. The summed E-state index contributed by atoms with van der Waals surface area (Å²) in [5.74, 6) is 1.84. The number of benzene rings is 2. The topological polar surface area (TPSA) is 69.0 Å². The van der Waals surface area contributed by atoms with Crippen LogP contribution < -0.4 is 9.47 Å². The highest BCUT2D eigenvalue weighted by atomic mass is 32.2. The molecule has 0 N–H and O–H groups in total. The Morgan fingerprint density at radius 3 is 2.35 bits per heavy atom. The van der Waals surface area contributed by atoms with Crippen LogP contribution in [0.4, 0.5) is 0 Å². The second kappa shape index (κ2) is 9.14. The number of amides is 2. The minimum Gasteiger partial charge on any atom is -0.497 e. The molecule has 158 valence electrons. The normalized spacial score (nSPS) is 13.8. The molecule has 7 heteroatoms. The van der Waals surface area contributed by atoms with Crippen molar-refractivity contribution in [2.45, 2.75) is 12.3 Å². The third kappa shape index (κ3) is 4.22. The van der Waals surface area contributed by atoms with Crippen LogP contribution in [0.5, 0.6) is 11.5 Å². The number of thioether (sulfide) groups is 1. The van der Waals surface area contributed by atoms with E-state index in [1.165, 1.54) is 16.7 Å². The summed E-state index contributed by atoms with van der Waals surface area (Å²) in [4.78, 5) is 28.4. The Kier molecular flexibility index (Phi) is 6.13. The van der Waals surface area contributed by atoms with E-state index >= 15 is 0 Å². The number of hydrogen-bond acceptors (Lipinski definition) is 6. The molecule has 2 heterocycles. The average molecular weight is 436 g/mol. The number of methoxy groups -OCH3 is 2. The van der Waals surface area contributed by atoms with Crippen LogP contribution in [0.3, 0.4) is 0 Å². The van der Waals surface area contributed by atoms with Gasteiger partial charge in [-0.3, -0.25) is 14.5 Å². The van der Waals surface area contributed by atoms with Gasteiger partial charge in [-0.2, -0.15) is 0 Å². The number of rotatable bonds is 8. The van der Waals surface area contributed by atoms with E-state index in [1.54, 1.807) is 50.8 Å². The molecule has 0 aliphatic carbocycles. The van der Waals surface area contributed by atoms with Crippen molar-refractivity contribution >= 4 is 29.1 Å². The molecule has 2 aromatic carbocycles. The summed E-state index contributed by atoms with van der Waals surface area (Å²) in [5.41, 5.74) is 1.82. The van der Waals surface area contributed by atoms with Gasteiger partial charge in [0.2, 0.25) is 0 Å². The van der Waals surface area contributed by atoms with Gasteiger partial charge in [-0.05, 0) is 35.9 Å². The Bertz CT molecular complexity index is 1120. The second-order valence-electron chi connectivity index (χ2n) is 6.81. The zero-order chi connectivity index (χ0) is 21.8. The van der Waals surface area contributed by atoms with Gasteiger partial charge in [-0.15, -0.1) is 11.8 Å². The molecule has 1 aromatic heterocycles. The average Bonchev–Trinajstić information content (AvgIpc) is 3.40. The minimum atomic E-state index is -0.331. The summed E-state index contributed by atoms with van der Waals surface area (Å²) in [6.07, 6.45) is 1.59. The summed E-state index contributed by atoms with van der Waals surface area (Å²) in [6.45, 7) is 0.131. The van der Waals surface area contributed by atoms with E-state index in [4.69, 9.17) is 13.9 Å². The lowest BCUT2D eigenvalue weighted by atomic mass is 10.1. The fourth-order valence-electron chi connectivity index (χ4n) is 3.39. The van der Waals surface area contributed by atoms with Crippen molar-refractivity contribution in [3.8, 4) is 11.5 Å². The fourth-order valence-corrected chi connectivity index (χ4v) is 4.42. The Morgan fingerprint density at radius 1 is 0.903 bits per heavy atom. The van der Waals surface area contributed by atoms with Gasteiger partial charge in [0, 0.05) is 5.56 Å². The van der Waals surface area contributed by atoms with Gasteiger partial charge >= 0.3 is 0 Å². The molecule has 3 aromatic rings. The van der Waals surface area contributed by atoms with Gasteiger partial charge in [0.25, 0.3) is 11.8 Å². The predicted octanol–water partition coefficient (Wildman–Crippen LogP) is 4.51. The quantitative estimate of drug-likeness (QED) is 0.485. The van der Waals surface area contributed by atoms with Crippen molar-refractivity contribution in [2.75, 3.05) is 14.2 Å². The molecule has 0 unspecified atom stereocenters. The number of carbonyl (C=O) groups is 2. The Morgan fingerprint density at radius 2 is 1.68 bits per heavy atom. The maximum Gasteiger partial charge on any atom is 0.268 e. The molecule has 0 bridgehead atoms. The van der Waals surface area contributed by atoms with Gasteiger partial charge in [0.15, 0.2) is 0 Å². The number of ether oxygens (including phenoxy) is 2. The van der Waals surface area contributed by atoms with E-state index in [-0.39, 0.29) is 18.4 Å². The van der Waals surface area contributed by atoms with Crippen LogP contribution in [0.15, 0.2) is 76.2 Å². The standard InChI is InChI=1S/C24H21NO5S/c1-28-18-11-9-16(10-12-18)21-22(31-15-19-7-5-13-30-19)24(27)25(23(21)26)14-17-6-3-4-8-20(17)29-2/h3-13H,14-15H2,1-2H3. The van der Waals surface area contributed by atoms with E-state index in [2.05, 4.69) is 0 Å². The van der Waals surface area contributed by atoms with Crippen LogP contribution in [-0.4, -0.2) is 30.9 Å². The molecule has 1 aliphatic heterocycles. The molecule has 2 amide bonds. The van der Waals surface area contributed by atoms with E-state index in [0.717, 1.165) is 11.3 Å². The molecule has 0 saturated heterocycles. The monoisotopic (exact) mass is 435 g/mol. The Balaban J connectivity index is 1.68. The summed E-state index contributed by atoms with van der Waals surface area (Å²) in [6, 6.07) is 18.1. The molecule has 6 nitrogen and oxygen atoms in total. The van der Waals surface area contributed by atoms with Gasteiger partial charge < -0.3 is 13.9 Å². The Hall–Kier alpha value is -3.45. The van der Waals surface area contributed by atoms with Gasteiger partial charge in [-0.25, -0.2) is 0 Å². The maximum absolute atomic E-state index is 13.4. The molecule has 1 aliphatic rings. The molecule has 0 atom stereocenters. The van der Waals surface area contributed by atoms with Gasteiger partial charge in [0.1, 0.15) is 17.3 Å². The highest BCUT2D eigenvalue weighted by Gasteiger charge is 2.39. The summed E-state index contributed by atoms with van der Waals surface area (Å²) < 4.78 is 16.0. The van der Waals surface area contributed by atoms with Gasteiger partial charge in [0.05, 0.1) is 43.3 Å². The summed E-state index contributed by atoms with van der Waals surface area (Å²) in [5, 5.41) is 0. The Labute approximate surface area is 184 Å². The van der Waals surface area contributed by atoms with Crippen molar-refractivity contribution in [2.24, 2.45) is 0 Å². The molecule has 0 fully saturated rings. The van der Waals surface area contributed by atoms with Crippen LogP contribution in [0.2, 0.25) is 0 Å². The number of imide groups is 1. The zero-order valence-electron chi connectivity index (χ0n) is 17.2. The number of carbonyl (C=O) groups excluding carboxylic acids is 2. The molecule has 0 radical (unpaired) electrons. The SMILES string of the molecule is COc1ccc(C2=C(SCc3ccco3)C(=O)N(Cc3ccccc3OC)C2=O)cc1. The molecule has 31 heavy (non-hydrogen) atoms. The summed E-state index contributed by atoms with van der Waals surface area (Å²) >= 11 is 1.30. The maximum atomic E-state index is 13.4. The minimum absolute atomic E-state index is 0.131. The van der Waals surface area contributed by atoms with E-state index in [0.29, 0.717) is 33.3 Å². The molecular formula is C24H21NO5S. The van der Waals surface area contributed by atoms with Crippen LogP contribution in [0.1, 0.15) is 16.9 Å². The third-order valence-electron chi connectivity index (χ3n) is 4.96. The number of nitrogens with zero attached hydrogens (tertiary/aromatic N) is 1. The second-order valence-corrected chi connectivity index (χ2v) is 7.79. The number of furan rings is 1. The lowest BCUT2D eigenvalue weighted by Gasteiger charge is -2.17. The third-order valence-corrected chi connectivity index (χ3v) is 6.06. The number of para-hydroxylation sites is 1. The van der Waals surface area contributed by atoms with E-state index in [1.807, 2.05) is 30.3 Å². The first-order chi connectivity index (χ1) is 15.1. The van der Waals surface area contributed by atoms with Crippen molar-refractivity contribution in [1.82, 2.24) is 4.90 Å². The highest BCUT2D eigenvalue weighted by Crippen LogP contribution is 2.39. The molecule has 0 spiro atoms. The summed E-state index contributed by atoms with van der Waals surface area (Å²) in [7, 11) is 3.15. The number of hydrogen-bond donors (Lipinski definition) is 0. The van der Waals surface area contributed by atoms with Crippen molar-refractivity contribution in [1.29, 1.82) is 0 Å². The lowest BCUT2D eigenvalue weighted by Crippen LogP contribution is -2.31. The van der Waals surface area contributed by atoms with Crippen LogP contribution in [0.25, 0.3) is 5.57 Å². The van der Waals surface area contributed by atoms with Crippen molar-refractivity contribution < 1.29 is 23.5 Å². The highest BCUT2D eigenvalue weighted by molar-refractivity contribution is 8.03. The first kappa shape index (κ1) is 20.8. The lowest BCUT2D eigenvalue weighted by molar-refractivity contribution is -0.137.